The Labute approximate surface area is 154 Å². The Hall–Kier alpha value is -2.72. The van der Waals surface area contributed by atoms with Gasteiger partial charge in [0.05, 0.1) is 44.2 Å². The lowest BCUT2D eigenvalue weighted by atomic mass is 10.2. The van der Waals surface area contributed by atoms with Gasteiger partial charge >= 0.3 is 0 Å². The summed E-state index contributed by atoms with van der Waals surface area (Å²) in [5.74, 6) is 0.271. The van der Waals surface area contributed by atoms with Crippen molar-refractivity contribution in [2.75, 3.05) is 25.3 Å². The van der Waals surface area contributed by atoms with Crippen molar-refractivity contribution in [3.8, 4) is 11.5 Å². The van der Waals surface area contributed by atoms with E-state index in [0.29, 0.717) is 28.0 Å². The summed E-state index contributed by atoms with van der Waals surface area (Å²) < 4.78 is 11.8. The van der Waals surface area contributed by atoms with Gasteiger partial charge in [-0.1, -0.05) is 11.8 Å². The monoisotopic (exact) mass is 380 g/mol. The number of carbonyl (C=O) groups excluding carboxylic acids is 2. The molecule has 0 unspecified atom stereocenters. The Morgan fingerprint density at radius 3 is 2.73 bits per heavy atom. The number of aromatic nitrogens is 2. The smallest absolute Gasteiger partial charge is 0.237 e. The van der Waals surface area contributed by atoms with Crippen LogP contribution in [0.5, 0.6) is 11.5 Å². The number of carbonyl (C=O) groups is 2. The molecule has 26 heavy (non-hydrogen) atoms. The van der Waals surface area contributed by atoms with Crippen molar-refractivity contribution in [2.45, 2.75) is 18.3 Å². The minimum atomic E-state index is -0.565. The number of nitrogens with zero attached hydrogens (tertiary/aromatic N) is 2. The zero-order valence-electron chi connectivity index (χ0n) is 14.4. The summed E-state index contributed by atoms with van der Waals surface area (Å²) in [5.41, 5.74) is 6.14. The molecule has 0 saturated carbocycles. The van der Waals surface area contributed by atoms with Gasteiger partial charge in [0.1, 0.15) is 18.0 Å². The highest BCUT2D eigenvalue weighted by atomic mass is 32.2. The number of rotatable bonds is 9. The molecule has 0 aliphatic carbocycles. The molecule has 0 atom stereocenters. The molecule has 2 rings (SSSR count). The Balaban J connectivity index is 2.06. The summed E-state index contributed by atoms with van der Waals surface area (Å²) in [7, 11) is 3.03. The number of ether oxygens (including phenoxy) is 2. The van der Waals surface area contributed by atoms with Crippen molar-refractivity contribution in [2.24, 2.45) is 5.73 Å². The van der Waals surface area contributed by atoms with Crippen molar-refractivity contribution < 1.29 is 24.2 Å². The second-order valence-electron chi connectivity index (χ2n) is 5.15. The SMILES string of the molecule is COc1ccc(OC)c(NC(=O)CSc2ncc(CO)n2CC(N)=O)c1. The first-order valence-electron chi connectivity index (χ1n) is 7.56. The molecule has 4 N–H and O–H groups in total. The fraction of sp³-hybridized carbons (Fsp3) is 0.312. The standard InChI is InChI=1S/C16H20N4O5S/c1-24-11-3-4-13(25-2)12(5-11)19-15(23)9-26-16-18-6-10(8-21)20(16)7-14(17)22/h3-6,21H,7-9H2,1-2H3,(H2,17,22)(H,19,23). The van der Waals surface area contributed by atoms with Gasteiger partial charge in [-0.05, 0) is 12.1 Å². The molecular weight excluding hydrogens is 360 g/mol. The summed E-state index contributed by atoms with van der Waals surface area (Å²) in [5, 5.41) is 12.5. The molecule has 0 fully saturated rings. The number of amides is 2. The lowest BCUT2D eigenvalue weighted by Crippen LogP contribution is -2.21. The molecule has 0 bridgehead atoms. The molecule has 0 radical (unpaired) electrons. The highest BCUT2D eigenvalue weighted by Gasteiger charge is 2.15. The minimum Gasteiger partial charge on any atom is -0.497 e. The van der Waals surface area contributed by atoms with E-state index in [1.807, 2.05) is 0 Å². The largest absolute Gasteiger partial charge is 0.497 e. The van der Waals surface area contributed by atoms with Gasteiger partial charge in [-0.2, -0.15) is 0 Å². The lowest BCUT2D eigenvalue weighted by molar-refractivity contribution is -0.118. The van der Waals surface area contributed by atoms with Crippen molar-refractivity contribution in [1.82, 2.24) is 9.55 Å². The van der Waals surface area contributed by atoms with Gasteiger partial charge in [0.15, 0.2) is 5.16 Å². The molecule has 0 aliphatic heterocycles. The number of primary amides is 1. The van der Waals surface area contributed by atoms with Crippen LogP contribution in [0.25, 0.3) is 0 Å². The first-order chi connectivity index (χ1) is 12.5. The molecule has 2 amide bonds. The Morgan fingerprint density at radius 2 is 2.12 bits per heavy atom. The van der Waals surface area contributed by atoms with Gasteiger partial charge in [-0.3, -0.25) is 9.59 Å². The second-order valence-corrected chi connectivity index (χ2v) is 6.09. The van der Waals surface area contributed by atoms with Gasteiger partial charge in [0, 0.05) is 6.07 Å². The summed E-state index contributed by atoms with van der Waals surface area (Å²) >= 11 is 1.12. The lowest BCUT2D eigenvalue weighted by Gasteiger charge is -2.12. The maximum absolute atomic E-state index is 12.3. The van der Waals surface area contributed by atoms with E-state index in [9.17, 15) is 14.7 Å². The molecule has 1 aromatic carbocycles. The van der Waals surface area contributed by atoms with E-state index in [4.69, 9.17) is 15.2 Å². The van der Waals surface area contributed by atoms with Crippen molar-refractivity contribution in [3.05, 3.63) is 30.1 Å². The van der Waals surface area contributed by atoms with E-state index in [-0.39, 0.29) is 24.8 Å². The highest BCUT2D eigenvalue weighted by molar-refractivity contribution is 7.99. The van der Waals surface area contributed by atoms with E-state index in [1.54, 1.807) is 18.2 Å². The number of benzene rings is 1. The fourth-order valence-electron chi connectivity index (χ4n) is 2.19. The molecule has 1 heterocycles. The molecule has 2 aromatic rings. The highest BCUT2D eigenvalue weighted by Crippen LogP contribution is 2.29. The summed E-state index contributed by atoms with van der Waals surface area (Å²) in [4.78, 5) is 27.5. The van der Waals surface area contributed by atoms with Crippen LogP contribution < -0.4 is 20.5 Å². The number of nitrogens with two attached hydrogens (primary N) is 1. The topological polar surface area (TPSA) is 129 Å². The van der Waals surface area contributed by atoms with E-state index in [1.165, 1.54) is 25.0 Å². The van der Waals surface area contributed by atoms with Crippen LogP contribution in [0, 0.1) is 0 Å². The number of thioether (sulfide) groups is 1. The molecule has 140 valence electrons. The number of aliphatic hydroxyl groups excluding tert-OH is 1. The van der Waals surface area contributed by atoms with Gasteiger partial charge in [-0.25, -0.2) is 4.98 Å². The van der Waals surface area contributed by atoms with E-state index in [2.05, 4.69) is 10.3 Å². The molecule has 9 nitrogen and oxygen atoms in total. The van der Waals surface area contributed by atoms with Crippen molar-refractivity contribution >= 4 is 29.3 Å². The van der Waals surface area contributed by atoms with E-state index >= 15 is 0 Å². The van der Waals surface area contributed by atoms with Crippen molar-refractivity contribution in [3.63, 3.8) is 0 Å². The van der Waals surface area contributed by atoms with Crippen LogP contribution in [0.2, 0.25) is 0 Å². The number of aliphatic hydroxyl groups is 1. The first kappa shape index (κ1) is 19.6. The zero-order valence-corrected chi connectivity index (χ0v) is 15.2. The molecular formula is C16H20N4O5S. The van der Waals surface area contributed by atoms with Crippen LogP contribution in [0.1, 0.15) is 5.69 Å². The molecule has 0 spiro atoms. The van der Waals surface area contributed by atoms with E-state index < -0.39 is 5.91 Å². The van der Waals surface area contributed by atoms with Crippen LogP contribution in [-0.2, 0) is 22.7 Å². The average Bonchev–Trinajstić information content (AvgIpc) is 3.00. The molecule has 0 aliphatic rings. The van der Waals surface area contributed by atoms with Crippen LogP contribution in [-0.4, -0.2) is 46.4 Å². The fourth-order valence-corrected chi connectivity index (χ4v) is 2.98. The predicted molar refractivity (Wildman–Crippen MR) is 96.2 cm³/mol. The maximum Gasteiger partial charge on any atom is 0.237 e. The number of imidazole rings is 1. The van der Waals surface area contributed by atoms with Crippen molar-refractivity contribution in [1.29, 1.82) is 0 Å². The quantitative estimate of drug-likeness (QED) is 0.544. The predicted octanol–water partition coefficient (Wildman–Crippen LogP) is 0.609. The summed E-state index contributed by atoms with van der Waals surface area (Å²) in [6, 6.07) is 5.06. The van der Waals surface area contributed by atoms with E-state index in [0.717, 1.165) is 11.8 Å². The average molecular weight is 380 g/mol. The van der Waals surface area contributed by atoms with Gasteiger partial charge in [0.25, 0.3) is 0 Å². The third-order valence-corrected chi connectivity index (χ3v) is 4.38. The first-order valence-corrected chi connectivity index (χ1v) is 8.55. The van der Waals surface area contributed by atoms with Gasteiger partial charge < -0.3 is 30.2 Å². The van der Waals surface area contributed by atoms with Crippen LogP contribution in [0.4, 0.5) is 5.69 Å². The van der Waals surface area contributed by atoms with Crippen LogP contribution in [0.3, 0.4) is 0 Å². The second kappa shape index (κ2) is 9.11. The summed E-state index contributed by atoms with van der Waals surface area (Å²) in [6.07, 6.45) is 1.44. The maximum atomic E-state index is 12.3. The Kier molecular flexibility index (Phi) is 6.87. The molecule has 1 aromatic heterocycles. The Bertz CT molecular complexity index is 793. The number of hydrogen-bond donors (Lipinski definition) is 3. The normalized spacial score (nSPS) is 10.4. The number of hydrogen-bond acceptors (Lipinski definition) is 7. The number of nitrogens with one attached hydrogen (secondary N) is 1. The number of anilines is 1. The van der Waals surface area contributed by atoms with Crippen LogP contribution in [0.15, 0.2) is 29.6 Å². The third-order valence-electron chi connectivity index (χ3n) is 3.39. The zero-order chi connectivity index (χ0) is 19.1. The summed E-state index contributed by atoms with van der Waals surface area (Å²) in [6.45, 7) is -0.405. The molecule has 10 heteroatoms. The minimum absolute atomic E-state index is 0.0427. The van der Waals surface area contributed by atoms with Gasteiger partial charge in [-0.15, -0.1) is 0 Å². The number of methoxy groups -OCH3 is 2. The van der Waals surface area contributed by atoms with Gasteiger partial charge in [0.2, 0.25) is 11.8 Å². The van der Waals surface area contributed by atoms with Crippen LogP contribution >= 0.6 is 11.8 Å². The Morgan fingerprint density at radius 1 is 1.35 bits per heavy atom. The third kappa shape index (κ3) is 4.90. The molecule has 0 saturated heterocycles.